The van der Waals surface area contributed by atoms with Crippen LogP contribution in [0.3, 0.4) is 0 Å². The fourth-order valence-electron chi connectivity index (χ4n) is 1.76. The van der Waals surface area contributed by atoms with Gasteiger partial charge in [-0.25, -0.2) is 0 Å². The molecule has 0 aromatic heterocycles. The number of Topliss-reactive ketones (excluding diaryl/α,β-unsaturated/α-hetero) is 1. The van der Waals surface area contributed by atoms with Gasteiger partial charge in [0.1, 0.15) is 5.75 Å². The lowest BCUT2D eigenvalue weighted by molar-refractivity contribution is 0.101. The molecule has 0 unspecified atom stereocenters. The molecule has 0 saturated heterocycles. The number of methoxy groups -OCH3 is 1. The summed E-state index contributed by atoms with van der Waals surface area (Å²) in [5.74, 6) is 0.694. The highest BCUT2D eigenvalue weighted by Crippen LogP contribution is 2.30. The van der Waals surface area contributed by atoms with Gasteiger partial charge in [0.25, 0.3) is 0 Å². The largest absolute Gasteiger partial charge is 0.495 e. The van der Waals surface area contributed by atoms with Gasteiger partial charge in [0, 0.05) is 5.56 Å². The van der Waals surface area contributed by atoms with Crippen molar-refractivity contribution in [3.8, 4) is 16.9 Å². The van der Waals surface area contributed by atoms with Crippen LogP contribution >= 0.6 is 11.6 Å². The van der Waals surface area contributed by atoms with Crippen LogP contribution in [0, 0.1) is 0 Å². The van der Waals surface area contributed by atoms with E-state index >= 15 is 0 Å². The summed E-state index contributed by atoms with van der Waals surface area (Å²) in [7, 11) is 1.58. The molecule has 0 N–H and O–H groups in total. The number of ketones is 1. The van der Waals surface area contributed by atoms with Gasteiger partial charge in [-0.05, 0) is 36.2 Å². The molecule has 0 aliphatic rings. The Morgan fingerprint density at radius 2 is 1.83 bits per heavy atom. The van der Waals surface area contributed by atoms with Crippen LogP contribution in [0.4, 0.5) is 0 Å². The van der Waals surface area contributed by atoms with Crippen LogP contribution in [0.15, 0.2) is 42.5 Å². The number of carbonyl (C=O) groups excluding carboxylic acids is 1. The highest BCUT2D eigenvalue weighted by atomic mass is 35.5. The van der Waals surface area contributed by atoms with Gasteiger partial charge < -0.3 is 4.74 Å². The van der Waals surface area contributed by atoms with Gasteiger partial charge in [-0.1, -0.05) is 35.9 Å². The van der Waals surface area contributed by atoms with Gasteiger partial charge in [-0.2, -0.15) is 0 Å². The molecule has 2 rings (SSSR count). The van der Waals surface area contributed by atoms with E-state index in [0.29, 0.717) is 16.3 Å². The number of ether oxygens (including phenoxy) is 1. The van der Waals surface area contributed by atoms with E-state index in [4.69, 9.17) is 16.3 Å². The molecule has 0 radical (unpaired) electrons. The first-order valence-electron chi connectivity index (χ1n) is 5.56. The molecule has 0 saturated carbocycles. The molecule has 0 fully saturated rings. The molecule has 0 heterocycles. The third-order valence-electron chi connectivity index (χ3n) is 2.75. The SMILES string of the molecule is COc1ccc(-c2cccc(C(C)=O)c2)cc1Cl. The fourth-order valence-corrected chi connectivity index (χ4v) is 2.02. The van der Waals surface area contributed by atoms with Gasteiger partial charge >= 0.3 is 0 Å². The van der Waals surface area contributed by atoms with Crippen LogP contribution < -0.4 is 4.74 Å². The maximum Gasteiger partial charge on any atom is 0.159 e. The van der Waals surface area contributed by atoms with Gasteiger partial charge in [-0.15, -0.1) is 0 Å². The Morgan fingerprint density at radius 1 is 1.11 bits per heavy atom. The van der Waals surface area contributed by atoms with Crippen molar-refractivity contribution in [2.75, 3.05) is 7.11 Å². The van der Waals surface area contributed by atoms with E-state index in [1.165, 1.54) is 0 Å². The zero-order valence-corrected chi connectivity index (χ0v) is 11.0. The summed E-state index contributed by atoms with van der Waals surface area (Å²) in [6, 6.07) is 13.0. The Kier molecular flexibility index (Phi) is 3.68. The van der Waals surface area contributed by atoms with Crippen molar-refractivity contribution >= 4 is 17.4 Å². The second-order valence-electron chi connectivity index (χ2n) is 3.99. The third-order valence-corrected chi connectivity index (χ3v) is 3.05. The molecule has 0 aliphatic heterocycles. The highest BCUT2D eigenvalue weighted by Gasteiger charge is 2.05. The molecule has 0 amide bonds. The number of benzene rings is 2. The molecule has 2 aromatic carbocycles. The summed E-state index contributed by atoms with van der Waals surface area (Å²) in [4.78, 5) is 11.4. The van der Waals surface area contributed by atoms with Crippen LogP contribution in [-0.2, 0) is 0 Å². The first kappa shape index (κ1) is 12.7. The highest BCUT2D eigenvalue weighted by molar-refractivity contribution is 6.32. The Balaban J connectivity index is 2.45. The zero-order chi connectivity index (χ0) is 13.1. The van der Waals surface area contributed by atoms with Crippen molar-refractivity contribution in [2.45, 2.75) is 6.92 Å². The molecular formula is C15H13ClO2. The minimum Gasteiger partial charge on any atom is -0.495 e. The van der Waals surface area contributed by atoms with E-state index in [-0.39, 0.29) is 5.78 Å². The van der Waals surface area contributed by atoms with Gasteiger partial charge in [-0.3, -0.25) is 4.79 Å². The van der Waals surface area contributed by atoms with E-state index in [1.54, 1.807) is 20.1 Å². The minimum absolute atomic E-state index is 0.0523. The second-order valence-corrected chi connectivity index (χ2v) is 4.39. The summed E-state index contributed by atoms with van der Waals surface area (Å²) < 4.78 is 5.11. The first-order chi connectivity index (χ1) is 8.61. The molecule has 2 aromatic rings. The Bertz CT molecular complexity index is 591. The van der Waals surface area contributed by atoms with Crippen LogP contribution in [0.2, 0.25) is 5.02 Å². The van der Waals surface area contributed by atoms with Gasteiger partial charge in [0.2, 0.25) is 0 Å². The normalized spacial score (nSPS) is 10.2. The summed E-state index contributed by atoms with van der Waals surface area (Å²) in [6.45, 7) is 1.56. The van der Waals surface area contributed by atoms with Crippen molar-refractivity contribution in [3.05, 3.63) is 53.1 Å². The zero-order valence-electron chi connectivity index (χ0n) is 10.2. The van der Waals surface area contributed by atoms with E-state index in [2.05, 4.69) is 0 Å². The van der Waals surface area contributed by atoms with Crippen LogP contribution in [-0.4, -0.2) is 12.9 Å². The molecular weight excluding hydrogens is 248 g/mol. The maximum atomic E-state index is 11.4. The molecule has 0 atom stereocenters. The van der Waals surface area contributed by atoms with Crippen LogP contribution in [0.25, 0.3) is 11.1 Å². The van der Waals surface area contributed by atoms with Gasteiger partial charge in [0.05, 0.1) is 12.1 Å². The first-order valence-corrected chi connectivity index (χ1v) is 5.94. The third kappa shape index (κ3) is 2.54. The molecule has 0 spiro atoms. The number of hydrogen-bond donors (Lipinski definition) is 0. The Morgan fingerprint density at radius 3 is 2.44 bits per heavy atom. The van der Waals surface area contributed by atoms with Crippen LogP contribution in [0.5, 0.6) is 5.75 Å². The Labute approximate surface area is 111 Å². The number of carbonyl (C=O) groups is 1. The number of rotatable bonds is 3. The van der Waals surface area contributed by atoms with Crippen molar-refractivity contribution in [1.29, 1.82) is 0 Å². The van der Waals surface area contributed by atoms with Crippen molar-refractivity contribution < 1.29 is 9.53 Å². The molecule has 0 bridgehead atoms. The Hall–Kier alpha value is -1.80. The number of hydrogen-bond acceptors (Lipinski definition) is 2. The molecule has 92 valence electrons. The fraction of sp³-hybridized carbons (Fsp3) is 0.133. The van der Waals surface area contributed by atoms with Crippen molar-refractivity contribution in [3.63, 3.8) is 0 Å². The van der Waals surface area contributed by atoms with Crippen molar-refractivity contribution in [1.82, 2.24) is 0 Å². The standard InChI is InChI=1S/C15H13ClO2/c1-10(17)11-4-3-5-12(8-11)13-6-7-15(18-2)14(16)9-13/h3-9H,1-2H3. The second kappa shape index (κ2) is 5.23. The van der Waals surface area contributed by atoms with Crippen molar-refractivity contribution in [2.24, 2.45) is 0 Å². The maximum absolute atomic E-state index is 11.4. The smallest absolute Gasteiger partial charge is 0.159 e. The lowest BCUT2D eigenvalue weighted by Crippen LogP contribution is -1.92. The van der Waals surface area contributed by atoms with Crippen LogP contribution in [0.1, 0.15) is 17.3 Å². The lowest BCUT2D eigenvalue weighted by atomic mass is 10.0. The minimum atomic E-state index is 0.0523. The van der Waals surface area contributed by atoms with Gasteiger partial charge in [0.15, 0.2) is 5.78 Å². The topological polar surface area (TPSA) is 26.3 Å². The van der Waals surface area contributed by atoms with E-state index in [9.17, 15) is 4.79 Å². The monoisotopic (exact) mass is 260 g/mol. The average Bonchev–Trinajstić information content (AvgIpc) is 2.38. The molecule has 3 heteroatoms. The predicted molar refractivity (Wildman–Crippen MR) is 73.4 cm³/mol. The summed E-state index contributed by atoms with van der Waals surface area (Å²) in [5.41, 5.74) is 2.62. The summed E-state index contributed by atoms with van der Waals surface area (Å²) >= 11 is 6.09. The predicted octanol–water partition coefficient (Wildman–Crippen LogP) is 4.22. The number of halogens is 1. The molecule has 18 heavy (non-hydrogen) atoms. The lowest BCUT2D eigenvalue weighted by Gasteiger charge is -2.07. The summed E-state index contributed by atoms with van der Waals surface area (Å²) in [5, 5.41) is 0.559. The van der Waals surface area contributed by atoms with E-state index in [1.807, 2.05) is 36.4 Å². The quantitative estimate of drug-likeness (QED) is 0.773. The molecule has 2 nitrogen and oxygen atoms in total. The van der Waals surface area contributed by atoms with E-state index in [0.717, 1.165) is 11.1 Å². The summed E-state index contributed by atoms with van der Waals surface area (Å²) in [6.07, 6.45) is 0. The molecule has 0 aliphatic carbocycles. The van der Waals surface area contributed by atoms with E-state index < -0.39 is 0 Å². The average molecular weight is 261 g/mol.